The molecule has 23 heavy (non-hydrogen) atoms. The second-order valence-corrected chi connectivity index (χ2v) is 6.57. The molecule has 3 rings (SSSR count). The lowest BCUT2D eigenvalue weighted by molar-refractivity contribution is 0.475. The first-order valence-corrected chi connectivity index (χ1v) is 8.80. The van der Waals surface area contributed by atoms with Gasteiger partial charge in [0.1, 0.15) is 0 Å². The Labute approximate surface area is 159 Å². The van der Waals surface area contributed by atoms with Gasteiger partial charge in [0.2, 0.25) is 0 Å². The summed E-state index contributed by atoms with van der Waals surface area (Å²) < 4.78 is 0. The molecule has 1 N–H and O–H groups in total. The number of nitrogens with zero attached hydrogens (tertiary/aromatic N) is 2. The van der Waals surface area contributed by atoms with E-state index in [-0.39, 0.29) is 24.0 Å². The van der Waals surface area contributed by atoms with Crippen LogP contribution in [0.5, 0.6) is 0 Å². The Hall–Kier alpha value is -1.08. The topological polar surface area (TPSA) is 27.6 Å². The Balaban J connectivity index is 0.00000192. The molecule has 0 saturated heterocycles. The van der Waals surface area contributed by atoms with E-state index in [1.54, 1.807) is 11.3 Å². The van der Waals surface area contributed by atoms with E-state index < -0.39 is 0 Å². The van der Waals surface area contributed by atoms with Crippen LogP contribution in [-0.2, 0) is 6.54 Å². The number of guanidine groups is 1. The molecule has 0 radical (unpaired) electrons. The van der Waals surface area contributed by atoms with E-state index in [4.69, 9.17) is 0 Å². The molecule has 1 aromatic carbocycles. The lowest BCUT2D eigenvalue weighted by Crippen LogP contribution is -2.40. The monoisotopic (exact) mass is 441 g/mol. The summed E-state index contributed by atoms with van der Waals surface area (Å²) in [4.78, 5) is 6.86. The van der Waals surface area contributed by atoms with Gasteiger partial charge in [-0.05, 0) is 41.3 Å². The zero-order valence-corrected chi connectivity index (χ0v) is 16.8. The van der Waals surface area contributed by atoms with Crippen LogP contribution < -0.4 is 5.32 Å². The summed E-state index contributed by atoms with van der Waals surface area (Å²) in [5.41, 5.74) is 2.77. The predicted molar refractivity (Wildman–Crippen MR) is 110 cm³/mol. The zero-order valence-electron chi connectivity index (χ0n) is 13.6. The smallest absolute Gasteiger partial charge is 0.194 e. The summed E-state index contributed by atoms with van der Waals surface area (Å²) in [7, 11) is 2.11. The number of hydrogen-bond donors (Lipinski definition) is 1. The van der Waals surface area contributed by atoms with Crippen LogP contribution in [0.25, 0.3) is 0 Å². The van der Waals surface area contributed by atoms with Crippen molar-refractivity contribution in [2.75, 3.05) is 13.6 Å². The predicted octanol–water partition coefficient (Wildman–Crippen LogP) is 4.32. The van der Waals surface area contributed by atoms with Crippen LogP contribution in [0.3, 0.4) is 0 Å². The normalized spacial score (nSPS) is 19.8. The second kappa shape index (κ2) is 8.68. The van der Waals surface area contributed by atoms with Crippen LogP contribution in [0.1, 0.15) is 30.4 Å². The minimum Gasteiger partial charge on any atom is -0.353 e. The van der Waals surface area contributed by atoms with E-state index in [2.05, 4.69) is 76.3 Å². The molecule has 1 fully saturated rings. The maximum absolute atomic E-state index is 4.65. The first kappa shape index (κ1) is 18.3. The van der Waals surface area contributed by atoms with Gasteiger partial charge in [0.25, 0.3) is 0 Å². The van der Waals surface area contributed by atoms with Crippen molar-refractivity contribution in [1.29, 1.82) is 0 Å². The van der Waals surface area contributed by atoms with Gasteiger partial charge in [-0.1, -0.05) is 30.3 Å². The molecule has 0 aliphatic heterocycles. The van der Waals surface area contributed by atoms with Crippen molar-refractivity contribution in [3.05, 3.63) is 58.3 Å². The summed E-state index contributed by atoms with van der Waals surface area (Å²) >= 11 is 1.74. The van der Waals surface area contributed by atoms with Crippen molar-refractivity contribution in [2.24, 2.45) is 4.99 Å². The van der Waals surface area contributed by atoms with E-state index >= 15 is 0 Å². The largest absolute Gasteiger partial charge is 0.353 e. The molecule has 124 valence electrons. The number of aliphatic imine (C=N–C) groups is 1. The number of hydrogen-bond acceptors (Lipinski definition) is 2. The summed E-state index contributed by atoms with van der Waals surface area (Å²) in [6.07, 6.45) is 1.19. The molecule has 0 amide bonds. The van der Waals surface area contributed by atoms with Gasteiger partial charge in [0.05, 0.1) is 0 Å². The number of rotatable bonds is 5. The van der Waals surface area contributed by atoms with Crippen molar-refractivity contribution < 1.29 is 0 Å². The highest BCUT2D eigenvalue weighted by molar-refractivity contribution is 14.0. The Kier molecular flexibility index (Phi) is 6.89. The molecule has 3 nitrogen and oxygen atoms in total. The summed E-state index contributed by atoms with van der Waals surface area (Å²) in [6, 6.07) is 13.4. The van der Waals surface area contributed by atoms with Gasteiger partial charge in [0.15, 0.2) is 5.96 Å². The van der Waals surface area contributed by atoms with Crippen molar-refractivity contribution in [2.45, 2.75) is 31.8 Å². The van der Waals surface area contributed by atoms with E-state index in [1.165, 1.54) is 17.5 Å². The maximum atomic E-state index is 4.65. The second-order valence-electron chi connectivity index (χ2n) is 5.79. The molecule has 1 aromatic heterocycles. The molecule has 2 aromatic rings. The average molecular weight is 441 g/mol. The highest BCUT2D eigenvalue weighted by atomic mass is 127. The molecular weight excluding hydrogens is 417 g/mol. The molecule has 1 saturated carbocycles. The van der Waals surface area contributed by atoms with Crippen LogP contribution in [-0.4, -0.2) is 30.5 Å². The van der Waals surface area contributed by atoms with Gasteiger partial charge in [-0.2, -0.15) is 11.3 Å². The third kappa shape index (κ3) is 4.94. The molecule has 1 aliphatic carbocycles. The van der Waals surface area contributed by atoms with Crippen LogP contribution in [0.4, 0.5) is 0 Å². The maximum Gasteiger partial charge on any atom is 0.194 e. The standard InChI is InChI=1S/C18H23N3S.HI/c1-3-19-18(21(2)12-14-9-10-22-13-14)20-17-11-16(17)15-7-5-4-6-8-15;/h4-10,13,16-17H,3,11-12H2,1-2H3,(H,19,20);1H. The van der Waals surface area contributed by atoms with Crippen molar-refractivity contribution in [1.82, 2.24) is 10.2 Å². The fourth-order valence-corrected chi connectivity index (χ4v) is 3.41. The van der Waals surface area contributed by atoms with Crippen molar-refractivity contribution in [3.8, 4) is 0 Å². The number of halogens is 1. The first-order valence-electron chi connectivity index (χ1n) is 7.86. The highest BCUT2D eigenvalue weighted by Crippen LogP contribution is 2.40. The highest BCUT2D eigenvalue weighted by Gasteiger charge is 2.39. The van der Waals surface area contributed by atoms with Gasteiger partial charge >= 0.3 is 0 Å². The van der Waals surface area contributed by atoms with Crippen molar-refractivity contribution in [3.63, 3.8) is 0 Å². The van der Waals surface area contributed by atoms with E-state index in [0.29, 0.717) is 12.0 Å². The number of thiophene rings is 1. The fourth-order valence-electron chi connectivity index (χ4n) is 2.75. The summed E-state index contributed by atoms with van der Waals surface area (Å²) in [5.74, 6) is 1.63. The van der Waals surface area contributed by atoms with Gasteiger partial charge in [-0.25, -0.2) is 0 Å². The molecule has 1 aliphatic rings. The molecule has 0 spiro atoms. The lowest BCUT2D eigenvalue weighted by atomic mass is 10.1. The molecular formula is C18H24IN3S. The lowest BCUT2D eigenvalue weighted by Gasteiger charge is -2.22. The van der Waals surface area contributed by atoms with Gasteiger partial charge in [-0.15, -0.1) is 24.0 Å². The van der Waals surface area contributed by atoms with Gasteiger partial charge in [0, 0.05) is 32.1 Å². The molecule has 5 heteroatoms. The SMILES string of the molecule is CCN=C(NC1CC1c1ccccc1)N(C)Cc1ccsc1.I. The molecule has 1 heterocycles. The minimum atomic E-state index is 0. The van der Waals surface area contributed by atoms with Crippen LogP contribution in [0, 0.1) is 0 Å². The van der Waals surface area contributed by atoms with Crippen LogP contribution >= 0.6 is 35.3 Å². The third-order valence-electron chi connectivity index (χ3n) is 4.00. The average Bonchev–Trinajstić information content (AvgIpc) is 3.12. The summed E-state index contributed by atoms with van der Waals surface area (Å²) in [6.45, 7) is 3.79. The van der Waals surface area contributed by atoms with Gasteiger partial charge < -0.3 is 10.2 Å². The Morgan fingerprint density at radius 2 is 2.09 bits per heavy atom. The molecule has 2 unspecified atom stereocenters. The van der Waals surface area contributed by atoms with E-state index in [9.17, 15) is 0 Å². The quantitative estimate of drug-likeness (QED) is 0.425. The Morgan fingerprint density at radius 1 is 1.30 bits per heavy atom. The van der Waals surface area contributed by atoms with Crippen molar-refractivity contribution >= 4 is 41.3 Å². The Bertz CT molecular complexity index is 612. The summed E-state index contributed by atoms with van der Waals surface area (Å²) in [5, 5.41) is 7.95. The first-order chi connectivity index (χ1) is 10.8. The molecule has 2 atom stereocenters. The fraction of sp³-hybridized carbons (Fsp3) is 0.389. The zero-order chi connectivity index (χ0) is 15.4. The van der Waals surface area contributed by atoms with E-state index in [0.717, 1.165) is 19.0 Å². The number of benzene rings is 1. The van der Waals surface area contributed by atoms with Crippen LogP contribution in [0.2, 0.25) is 0 Å². The molecule has 0 bridgehead atoms. The van der Waals surface area contributed by atoms with Crippen LogP contribution in [0.15, 0.2) is 52.2 Å². The Morgan fingerprint density at radius 3 is 2.74 bits per heavy atom. The van der Waals surface area contributed by atoms with Gasteiger partial charge in [-0.3, -0.25) is 4.99 Å². The third-order valence-corrected chi connectivity index (χ3v) is 4.73. The number of nitrogens with one attached hydrogen (secondary N) is 1. The van der Waals surface area contributed by atoms with E-state index in [1.807, 2.05) is 0 Å². The minimum absolute atomic E-state index is 0.